The number of carboxylic acids is 1. The number of carboxylic acid groups (broad SMARTS) is 1. The molecule has 3 unspecified atom stereocenters. The zero-order chi connectivity index (χ0) is 15.1. The van der Waals surface area contributed by atoms with E-state index in [2.05, 4.69) is 5.32 Å². The minimum atomic E-state index is -0.939. The summed E-state index contributed by atoms with van der Waals surface area (Å²) in [7, 11) is 1.58. The van der Waals surface area contributed by atoms with Gasteiger partial charge in [-0.3, -0.25) is 4.90 Å². The number of hydrogen-bond acceptors (Lipinski definition) is 4. The van der Waals surface area contributed by atoms with Crippen LogP contribution in [0, 0.1) is 0 Å². The Morgan fingerprint density at radius 3 is 2.70 bits per heavy atom. The van der Waals surface area contributed by atoms with Crippen molar-refractivity contribution in [2.75, 3.05) is 19.5 Å². The second kappa shape index (κ2) is 8.36. The van der Waals surface area contributed by atoms with Gasteiger partial charge in [-0.2, -0.15) is 0 Å². The molecule has 2 amide bonds. The van der Waals surface area contributed by atoms with Crippen LogP contribution in [-0.2, 0) is 9.53 Å². The van der Waals surface area contributed by atoms with Gasteiger partial charge in [0.1, 0.15) is 6.04 Å². The Kier molecular flexibility index (Phi) is 7.15. The first-order chi connectivity index (χ1) is 9.54. The topological polar surface area (TPSA) is 78.9 Å². The molecule has 0 aromatic carbocycles. The molecule has 1 saturated heterocycles. The fraction of sp³-hybridized carbons (Fsp3) is 0.846. The molecule has 116 valence electrons. The predicted octanol–water partition coefficient (Wildman–Crippen LogP) is 1.75. The molecule has 0 spiro atoms. The highest BCUT2D eigenvalue weighted by molar-refractivity contribution is 8.00. The lowest BCUT2D eigenvalue weighted by atomic mass is 10.2. The van der Waals surface area contributed by atoms with E-state index in [0.717, 1.165) is 19.3 Å². The van der Waals surface area contributed by atoms with Gasteiger partial charge in [0.2, 0.25) is 0 Å². The van der Waals surface area contributed by atoms with Crippen molar-refractivity contribution in [3.8, 4) is 0 Å². The molecule has 1 aliphatic heterocycles. The number of amides is 2. The highest BCUT2D eigenvalue weighted by Crippen LogP contribution is 2.32. The highest BCUT2D eigenvalue weighted by atomic mass is 32.2. The number of aliphatic carboxylic acids is 1. The van der Waals surface area contributed by atoms with E-state index in [-0.39, 0.29) is 17.4 Å². The van der Waals surface area contributed by atoms with Gasteiger partial charge in [-0.05, 0) is 12.8 Å². The van der Waals surface area contributed by atoms with Crippen LogP contribution in [0.25, 0.3) is 0 Å². The third kappa shape index (κ3) is 4.28. The zero-order valence-electron chi connectivity index (χ0n) is 12.3. The normalized spacial score (nSPS) is 23.6. The summed E-state index contributed by atoms with van der Waals surface area (Å²) >= 11 is 1.54. The van der Waals surface area contributed by atoms with E-state index in [1.54, 1.807) is 18.9 Å². The quantitative estimate of drug-likeness (QED) is 0.749. The van der Waals surface area contributed by atoms with E-state index in [1.807, 2.05) is 13.8 Å². The van der Waals surface area contributed by atoms with Crippen molar-refractivity contribution in [1.82, 2.24) is 10.2 Å². The van der Waals surface area contributed by atoms with Gasteiger partial charge in [-0.1, -0.05) is 20.3 Å². The predicted molar refractivity (Wildman–Crippen MR) is 78.9 cm³/mol. The number of nitrogens with zero attached hydrogens (tertiary/aromatic N) is 1. The van der Waals surface area contributed by atoms with Gasteiger partial charge in [0.25, 0.3) is 0 Å². The first-order valence-corrected chi connectivity index (χ1v) is 8.02. The molecule has 0 aliphatic carbocycles. The average Bonchev–Trinajstić information content (AvgIpc) is 2.82. The molecule has 0 bridgehead atoms. The lowest BCUT2D eigenvalue weighted by molar-refractivity contribution is -0.141. The molecule has 2 N–H and O–H groups in total. The molecule has 0 radical (unpaired) electrons. The second-order valence-corrected chi connectivity index (χ2v) is 6.06. The summed E-state index contributed by atoms with van der Waals surface area (Å²) in [5, 5.41) is 12.1. The van der Waals surface area contributed by atoms with Crippen LogP contribution in [0.4, 0.5) is 4.79 Å². The second-order valence-electron chi connectivity index (χ2n) is 4.85. The molecule has 0 aromatic rings. The Hall–Kier alpha value is -0.950. The van der Waals surface area contributed by atoms with Gasteiger partial charge >= 0.3 is 12.0 Å². The van der Waals surface area contributed by atoms with E-state index in [4.69, 9.17) is 4.74 Å². The number of ether oxygens (including phenoxy) is 1. The zero-order valence-corrected chi connectivity index (χ0v) is 13.1. The number of thioether (sulfide) groups is 1. The maximum absolute atomic E-state index is 12.4. The number of hydrogen-bond donors (Lipinski definition) is 2. The molecule has 6 nitrogen and oxygen atoms in total. The molecule has 7 heteroatoms. The molecule has 0 saturated carbocycles. The van der Waals surface area contributed by atoms with Crippen molar-refractivity contribution in [3.63, 3.8) is 0 Å². The molecule has 20 heavy (non-hydrogen) atoms. The third-order valence-electron chi connectivity index (χ3n) is 3.34. The van der Waals surface area contributed by atoms with Crippen molar-refractivity contribution < 1.29 is 19.4 Å². The summed E-state index contributed by atoms with van der Waals surface area (Å²) < 4.78 is 5.05. The summed E-state index contributed by atoms with van der Waals surface area (Å²) in [5.41, 5.74) is 0. The lowest BCUT2D eigenvalue weighted by Crippen LogP contribution is -2.53. The van der Waals surface area contributed by atoms with Crippen molar-refractivity contribution >= 4 is 23.8 Å². The maximum Gasteiger partial charge on any atom is 0.327 e. The number of carbonyl (C=O) groups excluding carboxylic acids is 1. The Labute approximate surface area is 124 Å². The Morgan fingerprint density at radius 2 is 2.20 bits per heavy atom. The lowest BCUT2D eigenvalue weighted by Gasteiger charge is -2.29. The van der Waals surface area contributed by atoms with Crippen LogP contribution in [0.1, 0.15) is 33.1 Å². The monoisotopic (exact) mass is 304 g/mol. The van der Waals surface area contributed by atoms with Crippen LogP contribution in [0.2, 0.25) is 0 Å². The molecular formula is C13H24N2O4S. The SMILES string of the molecule is CCCC1SCC(C(=O)O)N1C(=O)NC(CC)COC. The number of carbonyl (C=O) groups is 2. The molecule has 1 aliphatic rings. The number of methoxy groups -OCH3 is 1. The summed E-state index contributed by atoms with van der Waals surface area (Å²) in [4.78, 5) is 25.1. The van der Waals surface area contributed by atoms with Crippen LogP contribution < -0.4 is 5.32 Å². The van der Waals surface area contributed by atoms with Crippen LogP contribution in [0.15, 0.2) is 0 Å². The van der Waals surface area contributed by atoms with Crippen molar-refractivity contribution in [2.24, 2.45) is 0 Å². The van der Waals surface area contributed by atoms with E-state index >= 15 is 0 Å². The summed E-state index contributed by atoms with van der Waals surface area (Å²) in [6.07, 6.45) is 2.47. The summed E-state index contributed by atoms with van der Waals surface area (Å²) in [6.45, 7) is 4.42. The van der Waals surface area contributed by atoms with Gasteiger partial charge in [0.05, 0.1) is 18.0 Å². The Bertz CT molecular complexity index is 340. The third-order valence-corrected chi connectivity index (χ3v) is 4.69. The van der Waals surface area contributed by atoms with Crippen LogP contribution in [-0.4, -0.2) is 58.9 Å². The minimum absolute atomic E-state index is 0.0545. The van der Waals surface area contributed by atoms with Gasteiger partial charge in [0, 0.05) is 12.9 Å². The number of urea groups is 1. The average molecular weight is 304 g/mol. The molecule has 1 rings (SSSR count). The van der Waals surface area contributed by atoms with Gasteiger partial charge < -0.3 is 15.2 Å². The molecule has 1 fully saturated rings. The van der Waals surface area contributed by atoms with E-state index in [1.165, 1.54) is 4.90 Å². The van der Waals surface area contributed by atoms with Crippen LogP contribution in [0.3, 0.4) is 0 Å². The van der Waals surface area contributed by atoms with Crippen LogP contribution >= 0.6 is 11.8 Å². The summed E-state index contributed by atoms with van der Waals surface area (Å²) in [5.74, 6) is -0.486. The van der Waals surface area contributed by atoms with Crippen LogP contribution in [0.5, 0.6) is 0 Å². The van der Waals surface area contributed by atoms with Crippen molar-refractivity contribution in [1.29, 1.82) is 0 Å². The first kappa shape index (κ1) is 17.1. The molecular weight excluding hydrogens is 280 g/mol. The number of rotatable bonds is 7. The Balaban J connectivity index is 2.75. The number of nitrogens with one attached hydrogen (secondary N) is 1. The molecule has 3 atom stereocenters. The minimum Gasteiger partial charge on any atom is -0.480 e. The molecule has 0 aromatic heterocycles. The Morgan fingerprint density at radius 1 is 1.50 bits per heavy atom. The summed E-state index contributed by atoms with van der Waals surface area (Å²) in [6, 6.07) is -1.13. The maximum atomic E-state index is 12.4. The molecule has 1 heterocycles. The standard InChI is InChI=1S/C13H24N2O4S/c1-4-6-11-15(10(8-20-11)12(16)17)13(18)14-9(5-2)7-19-3/h9-11H,4-8H2,1-3H3,(H,14,18)(H,16,17). The van der Waals surface area contributed by atoms with E-state index in [9.17, 15) is 14.7 Å². The van der Waals surface area contributed by atoms with Crippen molar-refractivity contribution in [2.45, 2.75) is 50.6 Å². The highest BCUT2D eigenvalue weighted by Gasteiger charge is 2.41. The van der Waals surface area contributed by atoms with Gasteiger partial charge in [-0.25, -0.2) is 9.59 Å². The fourth-order valence-corrected chi connectivity index (χ4v) is 3.72. The van der Waals surface area contributed by atoms with Gasteiger partial charge in [0.15, 0.2) is 0 Å². The largest absolute Gasteiger partial charge is 0.480 e. The fourth-order valence-electron chi connectivity index (χ4n) is 2.21. The first-order valence-electron chi connectivity index (χ1n) is 6.97. The smallest absolute Gasteiger partial charge is 0.327 e. The van der Waals surface area contributed by atoms with Crippen molar-refractivity contribution in [3.05, 3.63) is 0 Å². The van der Waals surface area contributed by atoms with Gasteiger partial charge in [-0.15, -0.1) is 11.8 Å². The van der Waals surface area contributed by atoms with E-state index < -0.39 is 12.0 Å². The van der Waals surface area contributed by atoms with E-state index in [0.29, 0.717) is 12.4 Å².